The quantitative estimate of drug-likeness (QED) is 0.669. The number of nitrogens with zero attached hydrogens (tertiary/aromatic N) is 2. The first kappa shape index (κ1) is 14.5. The molecule has 1 heterocycles. The highest BCUT2D eigenvalue weighted by Gasteiger charge is 2.38. The summed E-state index contributed by atoms with van der Waals surface area (Å²) in [6, 6.07) is 9.02. The van der Waals surface area contributed by atoms with E-state index in [9.17, 15) is 10.1 Å². The van der Waals surface area contributed by atoms with Crippen LogP contribution in [0.15, 0.2) is 24.3 Å². The summed E-state index contributed by atoms with van der Waals surface area (Å²) in [6.45, 7) is 5.49. The molecular formula is C16H23N3O2. The number of likely N-dealkylation sites (tertiary alicyclic amines) is 1. The third-order valence-electron chi connectivity index (χ3n) is 4.71. The minimum atomic E-state index is -0.331. The minimum absolute atomic E-state index is 0.140. The van der Waals surface area contributed by atoms with Gasteiger partial charge in [-0.25, -0.2) is 0 Å². The second kappa shape index (κ2) is 5.73. The van der Waals surface area contributed by atoms with Crippen LogP contribution < -0.4 is 5.32 Å². The van der Waals surface area contributed by atoms with Gasteiger partial charge in [-0.3, -0.25) is 15.0 Å². The molecule has 1 N–H and O–H groups in total. The monoisotopic (exact) mass is 289 g/mol. The van der Waals surface area contributed by atoms with Crippen LogP contribution in [0.25, 0.3) is 0 Å². The van der Waals surface area contributed by atoms with Crippen molar-refractivity contribution in [2.45, 2.75) is 57.3 Å². The van der Waals surface area contributed by atoms with Crippen molar-refractivity contribution in [3.8, 4) is 0 Å². The van der Waals surface area contributed by atoms with Crippen molar-refractivity contribution >= 4 is 5.69 Å². The fourth-order valence-corrected chi connectivity index (χ4v) is 3.45. The minimum Gasteiger partial charge on any atom is -0.306 e. The van der Waals surface area contributed by atoms with Crippen molar-refractivity contribution in [3.63, 3.8) is 0 Å². The first-order valence-corrected chi connectivity index (χ1v) is 7.80. The molecule has 21 heavy (non-hydrogen) atoms. The van der Waals surface area contributed by atoms with Gasteiger partial charge in [-0.1, -0.05) is 12.1 Å². The third-order valence-corrected chi connectivity index (χ3v) is 4.71. The Bertz CT molecular complexity index is 530. The molecule has 5 nitrogen and oxygen atoms in total. The Balaban J connectivity index is 1.62. The van der Waals surface area contributed by atoms with E-state index in [2.05, 4.69) is 24.1 Å². The molecule has 0 radical (unpaired) electrons. The fraction of sp³-hybridized carbons (Fsp3) is 0.625. The predicted molar refractivity (Wildman–Crippen MR) is 82.2 cm³/mol. The molecule has 0 amide bonds. The summed E-state index contributed by atoms with van der Waals surface area (Å²) in [5, 5.41) is 14.5. The average molecular weight is 289 g/mol. The number of hydrogen-bond acceptors (Lipinski definition) is 4. The Labute approximate surface area is 125 Å². The Morgan fingerprint density at radius 2 is 2.19 bits per heavy atom. The van der Waals surface area contributed by atoms with Crippen molar-refractivity contribution in [2.24, 2.45) is 0 Å². The van der Waals surface area contributed by atoms with Crippen LogP contribution in [0.1, 0.15) is 44.7 Å². The van der Waals surface area contributed by atoms with E-state index < -0.39 is 0 Å². The van der Waals surface area contributed by atoms with Crippen LogP contribution in [0.5, 0.6) is 0 Å². The van der Waals surface area contributed by atoms with Crippen LogP contribution in [-0.2, 0) is 0 Å². The van der Waals surface area contributed by atoms with Crippen molar-refractivity contribution < 1.29 is 4.92 Å². The van der Waals surface area contributed by atoms with E-state index in [1.807, 2.05) is 6.07 Å². The molecule has 3 atom stereocenters. The molecular weight excluding hydrogens is 266 g/mol. The maximum Gasteiger partial charge on any atom is 0.269 e. The molecule has 1 saturated carbocycles. The van der Waals surface area contributed by atoms with E-state index in [4.69, 9.17) is 0 Å². The molecule has 1 aliphatic heterocycles. The zero-order valence-electron chi connectivity index (χ0n) is 12.7. The van der Waals surface area contributed by atoms with Gasteiger partial charge < -0.3 is 5.32 Å². The molecule has 3 rings (SSSR count). The lowest BCUT2D eigenvalue weighted by Gasteiger charge is -2.21. The van der Waals surface area contributed by atoms with E-state index in [0.29, 0.717) is 12.1 Å². The number of rotatable bonds is 5. The second-order valence-electron chi connectivity index (χ2n) is 6.45. The number of nitro groups is 1. The first-order chi connectivity index (χ1) is 10.0. The number of hydrogen-bond donors (Lipinski definition) is 1. The fourth-order valence-electron chi connectivity index (χ4n) is 3.45. The normalized spacial score (nSPS) is 27.7. The summed E-state index contributed by atoms with van der Waals surface area (Å²) in [5.41, 5.74) is 1.15. The smallest absolute Gasteiger partial charge is 0.269 e. The summed E-state index contributed by atoms with van der Waals surface area (Å²) < 4.78 is 0. The van der Waals surface area contributed by atoms with Gasteiger partial charge in [0.1, 0.15) is 0 Å². The molecule has 2 fully saturated rings. The molecule has 5 heteroatoms. The van der Waals surface area contributed by atoms with Gasteiger partial charge in [-0.2, -0.15) is 0 Å². The number of benzene rings is 1. The number of nitrogens with one attached hydrogen (secondary N) is 1. The number of non-ortho nitro benzene ring substituents is 1. The summed E-state index contributed by atoms with van der Waals surface area (Å²) in [7, 11) is 0. The number of nitro benzene ring substituents is 1. The van der Waals surface area contributed by atoms with Gasteiger partial charge in [0.2, 0.25) is 0 Å². The van der Waals surface area contributed by atoms with Crippen LogP contribution in [0.3, 0.4) is 0 Å². The highest BCUT2D eigenvalue weighted by Crippen LogP contribution is 2.33. The Kier molecular flexibility index (Phi) is 3.95. The first-order valence-electron chi connectivity index (χ1n) is 7.80. The molecule has 1 saturated heterocycles. The highest BCUT2D eigenvalue weighted by atomic mass is 16.6. The van der Waals surface area contributed by atoms with Crippen LogP contribution in [0.2, 0.25) is 0 Å². The highest BCUT2D eigenvalue weighted by molar-refractivity contribution is 5.35. The van der Waals surface area contributed by atoms with Gasteiger partial charge in [0.25, 0.3) is 5.69 Å². The molecule has 1 aromatic rings. The third kappa shape index (κ3) is 3.24. The largest absolute Gasteiger partial charge is 0.306 e. The molecule has 0 bridgehead atoms. The van der Waals surface area contributed by atoms with Gasteiger partial charge in [-0.05, 0) is 38.7 Å². The lowest BCUT2D eigenvalue weighted by atomic mass is 10.1. The molecule has 0 spiro atoms. The SMILES string of the molecule is CC(NC1CC(C)N(C2CC2)C1)c1cccc([N+](=O)[O-])c1. The van der Waals surface area contributed by atoms with Crippen molar-refractivity contribution in [3.05, 3.63) is 39.9 Å². The van der Waals surface area contributed by atoms with Gasteiger partial charge in [-0.15, -0.1) is 0 Å². The Morgan fingerprint density at radius 1 is 1.43 bits per heavy atom. The molecule has 0 aromatic heterocycles. The summed E-state index contributed by atoms with van der Waals surface area (Å²) >= 11 is 0. The zero-order valence-corrected chi connectivity index (χ0v) is 12.7. The predicted octanol–water partition coefficient (Wildman–Crippen LogP) is 2.87. The van der Waals surface area contributed by atoms with Gasteiger partial charge >= 0.3 is 0 Å². The molecule has 1 aliphatic carbocycles. The molecule has 2 aliphatic rings. The topological polar surface area (TPSA) is 58.4 Å². The molecule has 114 valence electrons. The van der Waals surface area contributed by atoms with E-state index in [1.54, 1.807) is 18.2 Å². The van der Waals surface area contributed by atoms with Gasteiger partial charge in [0.05, 0.1) is 4.92 Å². The zero-order chi connectivity index (χ0) is 15.0. The van der Waals surface area contributed by atoms with Crippen molar-refractivity contribution in [1.82, 2.24) is 10.2 Å². The van der Waals surface area contributed by atoms with Crippen molar-refractivity contribution in [1.29, 1.82) is 0 Å². The Hall–Kier alpha value is -1.46. The van der Waals surface area contributed by atoms with Crippen LogP contribution in [0, 0.1) is 10.1 Å². The standard InChI is InChI=1S/C16H23N3O2/c1-11-8-14(10-18(11)15-6-7-15)17-12(2)13-4-3-5-16(9-13)19(20)21/h3-5,9,11-12,14-15,17H,6-8,10H2,1-2H3. The Morgan fingerprint density at radius 3 is 2.86 bits per heavy atom. The molecule has 1 aromatic carbocycles. The second-order valence-corrected chi connectivity index (χ2v) is 6.45. The van der Waals surface area contributed by atoms with E-state index in [1.165, 1.54) is 12.8 Å². The van der Waals surface area contributed by atoms with Crippen LogP contribution in [-0.4, -0.2) is 34.5 Å². The lowest BCUT2D eigenvalue weighted by Crippen LogP contribution is -2.35. The summed E-state index contributed by atoms with van der Waals surface area (Å²) in [5.74, 6) is 0. The van der Waals surface area contributed by atoms with E-state index >= 15 is 0 Å². The maximum absolute atomic E-state index is 10.9. The van der Waals surface area contributed by atoms with Crippen LogP contribution >= 0.6 is 0 Å². The molecule has 3 unspecified atom stereocenters. The van der Waals surface area contributed by atoms with E-state index in [-0.39, 0.29) is 16.7 Å². The van der Waals surface area contributed by atoms with Crippen LogP contribution in [0.4, 0.5) is 5.69 Å². The summed E-state index contributed by atoms with van der Waals surface area (Å²) in [4.78, 5) is 13.1. The van der Waals surface area contributed by atoms with Gasteiger partial charge in [0.15, 0.2) is 0 Å². The maximum atomic E-state index is 10.9. The average Bonchev–Trinajstić information content (AvgIpc) is 3.23. The van der Waals surface area contributed by atoms with Crippen molar-refractivity contribution in [2.75, 3.05) is 6.54 Å². The van der Waals surface area contributed by atoms with Gasteiger partial charge in [0, 0.05) is 42.8 Å². The lowest BCUT2D eigenvalue weighted by molar-refractivity contribution is -0.384. The van der Waals surface area contributed by atoms with E-state index in [0.717, 1.165) is 24.6 Å². The summed E-state index contributed by atoms with van der Waals surface area (Å²) in [6.07, 6.45) is 3.85.